The fourth-order valence-corrected chi connectivity index (χ4v) is 4.65. The van der Waals surface area contributed by atoms with Crippen LogP contribution in [0.25, 0.3) is 11.2 Å². The van der Waals surface area contributed by atoms with Gasteiger partial charge in [0, 0.05) is 49.4 Å². The predicted molar refractivity (Wildman–Crippen MR) is 153 cm³/mol. The van der Waals surface area contributed by atoms with Crippen molar-refractivity contribution in [2.45, 2.75) is 33.2 Å². The molecular weight excluding hydrogens is 506 g/mol. The van der Waals surface area contributed by atoms with Crippen LogP contribution in [0.1, 0.15) is 44.3 Å². The average molecular weight is 538 g/mol. The summed E-state index contributed by atoms with van der Waals surface area (Å²) in [4.78, 5) is 30.6. The topological polar surface area (TPSA) is 115 Å². The van der Waals surface area contributed by atoms with Crippen LogP contribution >= 0.6 is 0 Å². The molecule has 0 unspecified atom stereocenters. The number of carbonyl (C=O) groups is 2. The van der Waals surface area contributed by atoms with Crippen molar-refractivity contribution in [1.29, 1.82) is 0 Å². The van der Waals surface area contributed by atoms with Gasteiger partial charge in [0.15, 0.2) is 11.6 Å². The van der Waals surface area contributed by atoms with Crippen LogP contribution in [0.5, 0.6) is 0 Å². The van der Waals surface area contributed by atoms with Gasteiger partial charge in [-0.25, -0.2) is 14.2 Å². The standard InChI is InChI=1S/C30H31N7O3/c1-19-9-10-23(27(38)14-22-7-5-8-24(13-22)36-12-6-11-32-36)15-26(19)35-29-28-21(3)25(16-37(28)33-18-31-29)30(39)34-20(2)17-40-4/h5-13,15-16,18,20H,14,17H2,1-4H3,(H,34,39)(H,31,33,35)/t20-/m0/s1. The third kappa shape index (κ3) is 5.62. The van der Waals surface area contributed by atoms with E-state index in [1.807, 2.05) is 75.5 Å². The molecular formula is C30H31N7O3. The SMILES string of the molecule is COC[C@H](C)NC(=O)c1cn2ncnc(Nc3cc(C(=O)Cc4cccc(-n5cccn5)c4)ccc3C)c2c1C. The van der Waals surface area contributed by atoms with E-state index in [4.69, 9.17) is 4.74 Å². The van der Waals surface area contributed by atoms with Gasteiger partial charge in [-0.05, 0) is 61.7 Å². The predicted octanol–water partition coefficient (Wildman–Crippen LogP) is 4.47. The van der Waals surface area contributed by atoms with Gasteiger partial charge in [0.2, 0.25) is 0 Å². The summed E-state index contributed by atoms with van der Waals surface area (Å²) in [5, 5.41) is 14.9. The Hall–Kier alpha value is -4.83. The van der Waals surface area contributed by atoms with Crippen molar-refractivity contribution < 1.29 is 14.3 Å². The summed E-state index contributed by atoms with van der Waals surface area (Å²) in [6, 6.07) is 15.1. The van der Waals surface area contributed by atoms with Gasteiger partial charge in [0.25, 0.3) is 5.91 Å². The normalized spacial score (nSPS) is 11.9. The first kappa shape index (κ1) is 26.8. The summed E-state index contributed by atoms with van der Waals surface area (Å²) in [6.45, 7) is 6.12. The van der Waals surface area contributed by atoms with Crippen molar-refractivity contribution in [3.8, 4) is 5.69 Å². The summed E-state index contributed by atoms with van der Waals surface area (Å²) in [6.07, 6.45) is 6.97. The summed E-state index contributed by atoms with van der Waals surface area (Å²) in [5.74, 6) is 0.325. The molecule has 0 fully saturated rings. The van der Waals surface area contributed by atoms with E-state index in [0.717, 1.165) is 28.1 Å². The molecule has 0 bridgehead atoms. The molecule has 10 heteroatoms. The molecule has 10 nitrogen and oxygen atoms in total. The lowest BCUT2D eigenvalue weighted by molar-refractivity contribution is 0.0904. The third-order valence-corrected chi connectivity index (χ3v) is 6.72. The van der Waals surface area contributed by atoms with Crippen molar-refractivity contribution in [2.75, 3.05) is 19.0 Å². The Morgan fingerprint density at radius 3 is 2.70 bits per heavy atom. The number of aromatic nitrogens is 5. The molecule has 40 heavy (non-hydrogen) atoms. The molecule has 204 valence electrons. The molecule has 1 amide bonds. The van der Waals surface area contributed by atoms with E-state index in [9.17, 15) is 9.59 Å². The highest BCUT2D eigenvalue weighted by Gasteiger charge is 2.20. The fraction of sp³-hybridized carbons (Fsp3) is 0.233. The first-order chi connectivity index (χ1) is 19.3. The second kappa shape index (κ2) is 11.5. The molecule has 0 aliphatic rings. The van der Waals surface area contributed by atoms with E-state index < -0.39 is 0 Å². The average Bonchev–Trinajstić information content (AvgIpc) is 3.59. The number of nitrogens with one attached hydrogen (secondary N) is 2. The number of benzene rings is 2. The Balaban J connectivity index is 1.39. The smallest absolute Gasteiger partial charge is 0.253 e. The summed E-state index contributed by atoms with van der Waals surface area (Å²) < 4.78 is 8.53. The van der Waals surface area contributed by atoms with Crippen LogP contribution in [-0.4, -0.2) is 55.8 Å². The van der Waals surface area contributed by atoms with E-state index >= 15 is 0 Å². The molecule has 0 radical (unpaired) electrons. The zero-order chi connectivity index (χ0) is 28.2. The Morgan fingerprint density at radius 2 is 1.93 bits per heavy atom. The number of fused-ring (bicyclic) bond motifs is 1. The third-order valence-electron chi connectivity index (χ3n) is 6.72. The van der Waals surface area contributed by atoms with E-state index in [-0.39, 0.29) is 24.2 Å². The van der Waals surface area contributed by atoms with Crippen molar-refractivity contribution in [3.05, 3.63) is 101 Å². The van der Waals surface area contributed by atoms with E-state index in [2.05, 4.69) is 25.8 Å². The minimum atomic E-state index is -0.209. The lowest BCUT2D eigenvalue weighted by Gasteiger charge is -2.13. The van der Waals surface area contributed by atoms with Crippen LogP contribution in [0.4, 0.5) is 11.5 Å². The molecule has 0 aliphatic heterocycles. The number of hydrogen-bond acceptors (Lipinski definition) is 7. The molecule has 1 atom stereocenters. The van der Waals surface area contributed by atoms with Crippen LogP contribution in [0.3, 0.4) is 0 Å². The Labute approximate surface area is 232 Å². The maximum atomic E-state index is 13.3. The van der Waals surface area contributed by atoms with Gasteiger partial charge in [0.05, 0.1) is 17.9 Å². The van der Waals surface area contributed by atoms with Crippen molar-refractivity contribution in [3.63, 3.8) is 0 Å². The van der Waals surface area contributed by atoms with Gasteiger partial charge < -0.3 is 15.4 Å². The molecule has 0 saturated carbocycles. The molecule has 3 aromatic heterocycles. The number of aryl methyl sites for hydroxylation is 2. The highest BCUT2D eigenvalue weighted by molar-refractivity contribution is 6.00. The van der Waals surface area contributed by atoms with Gasteiger partial charge >= 0.3 is 0 Å². The van der Waals surface area contributed by atoms with Crippen LogP contribution in [0.15, 0.2) is 73.4 Å². The second-order valence-corrected chi connectivity index (χ2v) is 9.77. The second-order valence-electron chi connectivity index (χ2n) is 9.77. The number of ether oxygens (including phenoxy) is 1. The number of ketones is 1. The number of Topliss-reactive ketones (excluding diaryl/α,β-unsaturated/α-hetero) is 1. The number of rotatable bonds is 10. The highest BCUT2D eigenvalue weighted by Crippen LogP contribution is 2.28. The molecule has 0 saturated heterocycles. The molecule has 5 rings (SSSR count). The number of hydrogen-bond donors (Lipinski definition) is 2. The minimum absolute atomic E-state index is 0.00324. The Kier molecular flexibility index (Phi) is 7.70. The zero-order valence-corrected chi connectivity index (χ0v) is 22.9. The summed E-state index contributed by atoms with van der Waals surface area (Å²) in [5.41, 5.74) is 6.01. The van der Waals surface area contributed by atoms with Crippen molar-refractivity contribution in [2.24, 2.45) is 0 Å². The minimum Gasteiger partial charge on any atom is -0.383 e. The van der Waals surface area contributed by atoms with Crippen molar-refractivity contribution >= 4 is 28.7 Å². The fourth-order valence-electron chi connectivity index (χ4n) is 4.65. The van der Waals surface area contributed by atoms with E-state index in [1.54, 1.807) is 28.7 Å². The summed E-state index contributed by atoms with van der Waals surface area (Å²) >= 11 is 0. The maximum absolute atomic E-state index is 13.3. The van der Waals surface area contributed by atoms with Crippen LogP contribution in [0.2, 0.25) is 0 Å². The lowest BCUT2D eigenvalue weighted by atomic mass is 10.0. The van der Waals surface area contributed by atoms with Gasteiger partial charge in [-0.2, -0.15) is 10.2 Å². The largest absolute Gasteiger partial charge is 0.383 e. The number of amides is 1. The monoisotopic (exact) mass is 537 g/mol. The van der Waals surface area contributed by atoms with Gasteiger partial charge in [-0.3, -0.25) is 9.59 Å². The molecule has 5 aromatic rings. The molecule has 3 heterocycles. The van der Waals surface area contributed by atoms with Gasteiger partial charge in [0.1, 0.15) is 11.8 Å². The van der Waals surface area contributed by atoms with E-state index in [0.29, 0.717) is 29.1 Å². The molecule has 2 N–H and O–H groups in total. The maximum Gasteiger partial charge on any atom is 0.253 e. The number of carbonyl (C=O) groups excluding carboxylic acids is 2. The Morgan fingerprint density at radius 1 is 1.07 bits per heavy atom. The quantitative estimate of drug-likeness (QED) is 0.253. The van der Waals surface area contributed by atoms with Crippen molar-refractivity contribution in [1.82, 2.24) is 29.7 Å². The van der Waals surface area contributed by atoms with Gasteiger partial charge in [-0.1, -0.05) is 24.3 Å². The Bertz CT molecular complexity index is 1670. The molecule has 0 spiro atoms. The zero-order valence-electron chi connectivity index (χ0n) is 22.9. The van der Waals surface area contributed by atoms with E-state index in [1.165, 1.54) is 6.33 Å². The number of methoxy groups -OCH3 is 1. The molecule has 2 aromatic carbocycles. The van der Waals surface area contributed by atoms with Gasteiger partial charge in [-0.15, -0.1) is 0 Å². The van der Waals surface area contributed by atoms with Crippen LogP contribution < -0.4 is 10.6 Å². The van der Waals surface area contributed by atoms with Crippen LogP contribution in [0, 0.1) is 13.8 Å². The molecule has 0 aliphatic carbocycles. The highest BCUT2D eigenvalue weighted by atomic mass is 16.5. The lowest BCUT2D eigenvalue weighted by Crippen LogP contribution is -2.35. The number of anilines is 2. The summed E-state index contributed by atoms with van der Waals surface area (Å²) in [7, 11) is 1.60. The first-order valence-corrected chi connectivity index (χ1v) is 13.0. The van der Waals surface area contributed by atoms with Crippen LogP contribution in [-0.2, 0) is 11.2 Å². The number of nitrogens with zero attached hydrogens (tertiary/aromatic N) is 5. The first-order valence-electron chi connectivity index (χ1n) is 13.0.